The Bertz CT molecular complexity index is 548. The SMILES string of the molecule is CCOC(=O)c1cc(N2CCNC(=O)C2)c(F)cc1N. The molecule has 6 nitrogen and oxygen atoms in total. The number of hydrogen-bond acceptors (Lipinski definition) is 5. The minimum Gasteiger partial charge on any atom is -0.462 e. The van der Waals surface area contributed by atoms with Crippen molar-refractivity contribution in [2.75, 3.05) is 36.9 Å². The zero-order valence-corrected chi connectivity index (χ0v) is 11.1. The molecule has 108 valence electrons. The van der Waals surface area contributed by atoms with Crippen molar-refractivity contribution in [2.45, 2.75) is 6.92 Å². The maximum atomic E-state index is 14.0. The molecule has 1 aromatic carbocycles. The van der Waals surface area contributed by atoms with E-state index in [1.54, 1.807) is 11.8 Å². The molecule has 0 radical (unpaired) electrons. The molecule has 1 fully saturated rings. The Morgan fingerprint density at radius 1 is 1.55 bits per heavy atom. The van der Waals surface area contributed by atoms with Gasteiger partial charge in [0.15, 0.2) is 0 Å². The van der Waals surface area contributed by atoms with Gasteiger partial charge in [0.05, 0.1) is 24.4 Å². The number of nitrogens with zero attached hydrogens (tertiary/aromatic N) is 1. The fraction of sp³-hybridized carbons (Fsp3) is 0.385. The summed E-state index contributed by atoms with van der Waals surface area (Å²) in [5, 5.41) is 2.65. The Morgan fingerprint density at radius 2 is 2.30 bits per heavy atom. The van der Waals surface area contributed by atoms with Gasteiger partial charge in [0.25, 0.3) is 0 Å². The van der Waals surface area contributed by atoms with Crippen LogP contribution in [0.3, 0.4) is 0 Å². The van der Waals surface area contributed by atoms with Gasteiger partial charge in [-0.25, -0.2) is 9.18 Å². The highest BCUT2D eigenvalue weighted by Gasteiger charge is 2.22. The van der Waals surface area contributed by atoms with Crippen LogP contribution >= 0.6 is 0 Å². The number of esters is 1. The molecule has 1 aliphatic rings. The summed E-state index contributed by atoms with van der Waals surface area (Å²) in [6, 6.07) is 2.41. The number of nitrogens with two attached hydrogens (primary N) is 1. The third-order valence-corrected chi connectivity index (χ3v) is 2.99. The number of amides is 1. The van der Waals surface area contributed by atoms with Gasteiger partial charge in [0.2, 0.25) is 5.91 Å². The molecule has 3 N–H and O–H groups in total. The van der Waals surface area contributed by atoms with Gasteiger partial charge >= 0.3 is 5.97 Å². The molecule has 0 atom stereocenters. The standard InChI is InChI=1S/C13H16FN3O3/c1-2-20-13(19)8-5-11(9(14)6-10(8)15)17-4-3-16-12(18)7-17/h5-6H,2-4,7,15H2,1H3,(H,16,18). The second-order valence-corrected chi connectivity index (χ2v) is 4.38. The average Bonchev–Trinajstić information content (AvgIpc) is 2.39. The number of nitrogens with one attached hydrogen (secondary N) is 1. The summed E-state index contributed by atoms with van der Waals surface area (Å²) in [4.78, 5) is 24.7. The second kappa shape index (κ2) is 5.77. The van der Waals surface area contributed by atoms with Gasteiger partial charge in [-0.05, 0) is 19.1 Å². The van der Waals surface area contributed by atoms with E-state index in [1.165, 1.54) is 6.07 Å². The van der Waals surface area contributed by atoms with Gasteiger partial charge in [-0.1, -0.05) is 0 Å². The second-order valence-electron chi connectivity index (χ2n) is 4.38. The summed E-state index contributed by atoms with van der Waals surface area (Å²) in [5.41, 5.74) is 5.94. The number of benzene rings is 1. The van der Waals surface area contributed by atoms with Crippen LogP contribution in [0.25, 0.3) is 0 Å². The van der Waals surface area contributed by atoms with Crippen LogP contribution in [0, 0.1) is 5.82 Å². The van der Waals surface area contributed by atoms with E-state index in [0.717, 1.165) is 6.07 Å². The van der Waals surface area contributed by atoms with Gasteiger partial charge in [0.1, 0.15) is 5.82 Å². The van der Waals surface area contributed by atoms with Crippen molar-refractivity contribution in [3.05, 3.63) is 23.5 Å². The molecule has 1 aromatic rings. The number of anilines is 2. The largest absolute Gasteiger partial charge is 0.462 e. The first-order valence-electron chi connectivity index (χ1n) is 6.30. The first-order chi connectivity index (χ1) is 9.52. The van der Waals surface area contributed by atoms with Crippen LogP contribution in [0.5, 0.6) is 0 Å². The van der Waals surface area contributed by atoms with E-state index in [1.807, 2.05) is 0 Å². The molecule has 1 aliphatic heterocycles. The number of halogens is 1. The molecule has 0 aromatic heterocycles. The predicted molar refractivity (Wildman–Crippen MR) is 72.0 cm³/mol. The number of carbonyl (C=O) groups excluding carboxylic acids is 2. The Balaban J connectivity index is 2.35. The zero-order valence-electron chi connectivity index (χ0n) is 11.1. The maximum absolute atomic E-state index is 14.0. The van der Waals surface area contributed by atoms with E-state index in [4.69, 9.17) is 10.5 Å². The van der Waals surface area contributed by atoms with Gasteiger partial charge < -0.3 is 20.7 Å². The lowest BCUT2D eigenvalue weighted by molar-refractivity contribution is -0.120. The number of piperazine rings is 1. The molecule has 1 saturated heterocycles. The zero-order chi connectivity index (χ0) is 14.7. The molecule has 0 aliphatic carbocycles. The van der Waals surface area contributed by atoms with E-state index < -0.39 is 11.8 Å². The summed E-state index contributed by atoms with van der Waals surface area (Å²) >= 11 is 0. The van der Waals surface area contributed by atoms with E-state index in [0.29, 0.717) is 13.1 Å². The lowest BCUT2D eigenvalue weighted by Crippen LogP contribution is -2.48. The molecule has 0 unspecified atom stereocenters. The van der Waals surface area contributed by atoms with Crippen molar-refractivity contribution in [3.63, 3.8) is 0 Å². The number of nitrogen functional groups attached to an aromatic ring is 1. The van der Waals surface area contributed by atoms with Crippen LogP contribution in [0.2, 0.25) is 0 Å². The van der Waals surface area contributed by atoms with Gasteiger partial charge in [0, 0.05) is 18.8 Å². The summed E-state index contributed by atoms with van der Waals surface area (Å²) in [6.45, 7) is 2.82. The topological polar surface area (TPSA) is 84.7 Å². The molecule has 20 heavy (non-hydrogen) atoms. The smallest absolute Gasteiger partial charge is 0.340 e. The molecule has 1 heterocycles. The highest BCUT2D eigenvalue weighted by Crippen LogP contribution is 2.26. The molecule has 0 saturated carbocycles. The number of hydrogen-bond donors (Lipinski definition) is 2. The van der Waals surface area contributed by atoms with E-state index in [9.17, 15) is 14.0 Å². The van der Waals surface area contributed by atoms with Crippen LogP contribution in [0.15, 0.2) is 12.1 Å². The van der Waals surface area contributed by atoms with Gasteiger partial charge in [-0.3, -0.25) is 4.79 Å². The first kappa shape index (κ1) is 14.1. The van der Waals surface area contributed by atoms with Crippen LogP contribution in [-0.2, 0) is 9.53 Å². The average molecular weight is 281 g/mol. The van der Waals surface area contributed by atoms with E-state index >= 15 is 0 Å². The quantitative estimate of drug-likeness (QED) is 0.623. The fourth-order valence-electron chi connectivity index (χ4n) is 2.05. The van der Waals surface area contributed by atoms with E-state index in [2.05, 4.69) is 5.32 Å². The minimum absolute atomic E-state index is 0.0196. The van der Waals surface area contributed by atoms with Gasteiger partial charge in [-0.15, -0.1) is 0 Å². The van der Waals surface area contributed by atoms with Gasteiger partial charge in [-0.2, -0.15) is 0 Å². The third-order valence-electron chi connectivity index (χ3n) is 2.99. The minimum atomic E-state index is -0.604. The highest BCUT2D eigenvalue weighted by atomic mass is 19.1. The third kappa shape index (κ3) is 2.81. The normalized spacial score (nSPS) is 14.9. The van der Waals surface area contributed by atoms with Crippen LogP contribution in [0.4, 0.5) is 15.8 Å². The van der Waals surface area contributed by atoms with Crippen molar-refractivity contribution in [3.8, 4) is 0 Å². The molecule has 2 rings (SSSR count). The summed E-state index contributed by atoms with van der Waals surface area (Å²) in [6.07, 6.45) is 0. The predicted octanol–water partition coefficient (Wildman–Crippen LogP) is 0.521. The van der Waals surface area contributed by atoms with Crippen molar-refractivity contribution >= 4 is 23.3 Å². The Hall–Kier alpha value is -2.31. The van der Waals surface area contributed by atoms with Crippen molar-refractivity contribution < 1.29 is 18.7 Å². The molecule has 0 bridgehead atoms. The molecule has 1 amide bonds. The molecular weight excluding hydrogens is 265 g/mol. The fourth-order valence-corrected chi connectivity index (χ4v) is 2.05. The summed E-state index contributed by atoms with van der Waals surface area (Å²) in [7, 11) is 0. The summed E-state index contributed by atoms with van der Waals surface area (Å²) in [5.74, 6) is -1.36. The lowest BCUT2D eigenvalue weighted by atomic mass is 10.1. The van der Waals surface area contributed by atoms with Crippen molar-refractivity contribution in [2.24, 2.45) is 0 Å². The molecular formula is C13H16FN3O3. The van der Waals surface area contributed by atoms with Crippen LogP contribution in [0.1, 0.15) is 17.3 Å². The Kier molecular flexibility index (Phi) is 4.07. The maximum Gasteiger partial charge on any atom is 0.340 e. The summed E-state index contributed by atoms with van der Waals surface area (Å²) < 4.78 is 18.9. The van der Waals surface area contributed by atoms with Crippen molar-refractivity contribution in [1.82, 2.24) is 5.32 Å². The lowest BCUT2D eigenvalue weighted by Gasteiger charge is -2.29. The van der Waals surface area contributed by atoms with E-state index in [-0.39, 0.29) is 36.0 Å². The monoisotopic (exact) mass is 281 g/mol. The molecule has 0 spiro atoms. The Morgan fingerprint density at radius 3 is 2.95 bits per heavy atom. The number of rotatable bonds is 3. The van der Waals surface area contributed by atoms with Crippen molar-refractivity contribution in [1.29, 1.82) is 0 Å². The highest BCUT2D eigenvalue weighted by molar-refractivity contribution is 5.96. The molecule has 7 heteroatoms. The van der Waals surface area contributed by atoms with Crippen LogP contribution < -0.4 is 16.0 Å². The number of carbonyl (C=O) groups is 2. The first-order valence-corrected chi connectivity index (χ1v) is 6.30. The van der Waals surface area contributed by atoms with Crippen LogP contribution in [-0.4, -0.2) is 38.1 Å². The Labute approximate surface area is 115 Å². The number of ether oxygens (including phenoxy) is 1.